The number of hydrogen-bond acceptors (Lipinski definition) is 7. The van der Waals surface area contributed by atoms with E-state index in [1.165, 1.54) is 24.8 Å². The van der Waals surface area contributed by atoms with Gasteiger partial charge >= 0.3 is 0 Å². The summed E-state index contributed by atoms with van der Waals surface area (Å²) in [5.74, 6) is 0.414. The molecule has 0 unspecified atom stereocenters. The van der Waals surface area contributed by atoms with E-state index in [9.17, 15) is 14.7 Å². The molecule has 0 bridgehead atoms. The number of anilines is 1. The first-order valence-electron chi connectivity index (χ1n) is 15.4. The fraction of sp³-hybridized carbons (Fsp3) is 0.485. The molecule has 2 aliphatic rings. The number of aromatic hydroxyl groups is 1. The monoisotopic (exact) mass is 669 g/mol. The lowest BCUT2D eigenvalue weighted by molar-refractivity contribution is -0.135. The van der Waals surface area contributed by atoms with Crippen LogP contribution in [0.4, 0.5) is 5.69 Å². The number of nitrogens with zero attached hydrogens (tertiary/aromatic N) is 3. The number of halogens is 1. The largest absolute Gasteiger partial charge is 0.506 e. The van der Waals surface area contributed by atoms with Crippen LogP contribution in [0.1, 0.15) is 49.7 Å². The van der Waals surface area contributed by atoms with Gasteiger partial charge in [-0.2, -0.15) is 5.10 Å². The molecule has 2 heterocycles. The molecule has 5 rings (SSSR count). The Bertz CT molecular complexity index is 1370. The molecule has 1 aliphatic heterocycles. The number of fused-ring (bicyclic) bond motifs is 1. The summed E-state index contributed by atoms with van der Waals surface area (Å²) < 4.78 is 13.3. The van der Waals surface area contributed by atoms with Crippen molar-refractivity contribution in [3.8, 4) is 22.6 Å². The predicted octanol–water partition coefficient (Wildman–Crippen LogP) is 4.64. The van der Waals surface area contributed by atoms with Gasteiger partial charge in [0.15, 0.2) is 12.4 Å². The maximum Gasteiger partial charge on any atom is 0.262 e. The Labute approximate surface area is 269 Å². The molecule has 3 aromatic rings. The summed E-state index contributed by atoms with van der Waals surface area (Å²) in [6.07, 6.45) is 11.4. The van der Waals surface area contributed by atoms with Crippen molar-refractivity contribution < 1.29 is 24.2 Å². The van der Waals surface area contributed by atoms with Gasteiger partial charge in [-0.3, -0.25) is 14.3 Å². The van der Waals surface area contributed by atoms with Gasteiger partial charge in [-0.05, 0) is 55.0 Å². The standard InChI is InChI=1S/C33H43N5O5.BrH/c1-37-22-27(21-35-37)25-9-7-24(8-10-25)14-19-42-20-15-31(41)38(28-5-3-2-4-6-28)18-17-34-16-13-26-11-12-29(39)32-33(26)43-23-30(40)36-32;/h7-12,21-22,28,34,39H,2-6,13-20,23H2,1H3,(H,36,40);1H. The second-order valence-corrected chi connectivity index (χ2v) is 11.4. The molecule has 0 spiro atoms. The number of nitrogens with one attached hydrogen (secondary N) is 2. The zero-order valence-electron chi connectivity index (χ0n) is 25.4. The van der Waals surface area contributed by atoms with Crippen molar-refractivity contribution in [2.75, 3.05) is 44.8 Å². The number of amides is 2. The van der Waals surface area contributed by atoms with Crippen LogP contribution in [0.2, 0.25) is 0 Å². The first-order valence-corrected chi connectivity index (χ1v) is 15.4. The molecule has 1 aromatic heterocycles. The molecule has 11 heteroatoms. The number of phenolic OH excluding ortho intramolecular Hbond substituents is 1. The van der Waals surface area contributed by atoms with Crippen molar-refractivity contribution in [1.82, 2.24) is 20.0 Å². The molecular formula is C33H44BrN5O5. The molecule has 0 radical (unpaired) electrons. The van der Waals surface area contributed by atoms with Gasteiger partial charge in [0.2, 0.25) is 5.91 Å². The second-order valence-electron chi connectivity index (χ2n) is 11.4. The Morgan fingerprint density at radius 3 is 2.64 bits per heavy atom. The summed E-state index contributed by atoms with van der Waals surface area (Å²) in [6, 6.07) is 12.2. The highest BCUT2D eigenvalue weighted by Crippen LogP contribution is 2.39. The summed E-state index contributed by atoms with van der Waals surface area (Å²) in [7, 11) is 1.91. The smallest absolute Gasteiger partial charge is 0.262 e. The minimum Gasteiger partial charge on any atom is -0.506 e. The summed E-state index contributed by atoms with van der Waals surface area (Å²) >= 11 is 0. The van der Waals surface area contributed by atoms with Gasteiger partial charge in [0.05, 0.1) is 25.8 Å². The van der Waals surface area contributed by atoms with E-state index < -0.39 is 0 Å². The fourth-order valence-corrected chi connectivity index (χ4v) is 5.89. The molecule has 0 atom stereocenters. The van der Waals surface area contributed by atoms with Crippen molar-refractivity contribution >= 4 is 34.5 Å². The van der Waals surface area contributed by atoms with Crippen LogP contribution in [-0.2, 0) is 34.2 Å². The van der Waals surface area contributed by atoms with Crippen LogP contribution in [0.15, 0.2) is 48.8 Å². The molecule has 2 aromatic carbocycles. The van der Waals surface area contributed by atoms with Crippen molar-refractivity contribution in [1.29, 1.82) is 0 Å². The number of carbonyl (C=O) groups excluding carboxylic acids is 2. The fourth-order valence-electron chi connectivity index (χ4n) is 5.89. The van der Waals surface area contributed by atoms with E-state index in [-0.39, 0.29) is 41.2 Å². The Morgan fingerprint density at radius 2 is 1.89 bits per heavy atom. The maximum absolute atomic E-state index is 13.3. The average Bonchev–Trinajstić information content (AvgIpc) is 3.46. The molecule has 3 N–H and O–H groups in total. The van der Waals surface area contributed by atoms with Crippen LogP contribution < -0.4 is 15.4 Å². The molecular weight excluding hydrogens is 626 g/mol. The molecule has 238 valence electrons. The molecule has 10 nitrogen and oxygen atoms in total. The van der Waals surface area contributed by atoms with Gasteiger partial charge in [-0.1, -0.05) is 49.6 Å². The number of hydrogen-bond donors (Lipinski definition) is 3. The minimum absolute atomic E-state index is 0. The maximum atomic E-state index is 13.3. The van der Waals surface area contributed by atoms with Crippen LogP contribution in [0.25, 0.3) is 11.1 Å². The molecule has 1 saturated carbocycles. The van der Waals surface area contributed by atoms with Crippen molar-refractivity contribution in [2.45, 2.75) is 57.4 Å². The lowest BCUT2D eigenvalue weighted by atomic mass is 9.94. The Kier molecular flexibility index (Phi) is 12.6. The third kappa shape index (κ3) is 9.06. The van der Waals surface area contributed by atoms with Gasteiger partial charge < -0.3 is 30.1 Å². The summed E-state index contributed by atoms with van der Waals surface area (Å²) in [5.41, 5.74) is 4.70. The number of benzene rings is 2. The number of rotatable bonds is 14. The number of aromatic nitrogens is 2. The number of ether oxygens (including phenoxy) is 2. The van der Waals surface area contributed by atoms with Crippen molar-refractivity contribution in [3.63, 3.8) is 0 Å². The zero-order valence-corrected chi connectivity index (χ0v) is 27.1. The zero-order chi connectivity index (χ0) is 30.0. The number of aryl methyl sites for hydroxylation is 1. The van der Waals surface area contributed by atoms with Crippen LogP contribution in [0.5, 0.6) is 11.5 Å². The molecule has 2 amide bonds. The van der Waals surface area contributed by atoms with E-state index in [0.717, 1.165) is 36.0 Å². The van der Waals surface area contributed by atoms with E-state index in [4.69, 9.17) is 9.47 Å². The first kappa shape index (κ1) is 33.5. The lowest BCUT2D eigenvalue weighted by Gasteiger charge is -2.34. The van der Waals surface area contributed by atoms with Gasteiger partial charge in [0.25, 0.3) is 5.91 Å². The third-order valence-corrected chi connectivity index (χ3v) is 8.25. The topological polar surface area (TPSA) is 118 Å². The van der Waals surface area contributed by atoms with E-state index in [1.807, 2.05) is 25.5 Å². The highest BCUT2D eigenvalue weighted by Gasteiger charge is 2.25. The Balaban J connectivity index is 0.00000442. The van der Waals surface area contributed by atoms with Gasteiger partial charge in [0, 0.05) is 37.9 Å². The summed E-state index contributed by atoms with van der Waals surface area (Å²) in [4.78, 5) is 27.0. The number of phenols is 1. The Morgan fingerprint density at radius 1 is 1.09 bits per heavy atom. The lowest BCUT2D eigenvalue weighted by Crippen LogP contribution is -2.45. The van der Waals surface area contributed by atoms with Crippen LogP contribution >= 0.6 is 17.0 Å². The SMILES string of the molecule is Br.Cn1cc(-c2ccc(CCOCCC(=O)N(CCNCCc3ccc(O)c4c3OCC(=O)N4)C3CCCCC3)cc2)cn1. The van der Waals surface area contributed by atoms with Crippen molar-refractivity contribution in [2.24, 2.45) is 7.05 Å². The van der Waals surface area contributed by atoms with Gasteiger partial charge in [-0.25, -0.2) is 0 Å². The van der Waals surface area contributed by atoms with E-state index in [1.54, 1.807) is 10.7 Å². The normalized spacial score (nSPS) is 14.7. The Hall–Kier alpha value is -3.41. The van der Waals surface area contributed by atoms with Gasteiger partial charge in [0.1, 0.15) is 11.4 Å². The third-order valence-electron chi connectivity index (χ3n) is 8.25. The second kappa shape index (κ2) is 16.6. The molecule has 44 heavy (non-hydrogen) atoms. The minimum atomic E-state index is -0.275. The van der Waals surface area contributed by atoms with Crippen LogP contribution in [0, 0.1) is 0 Å². The summed E-state index contributed by atoms with van der Waals surface area (Å²) in [5, 5.41) is 20.5. The van der Waals surface area contributed by atoms with Crippen LogP contribution in [-0.4, -0.2) is 77.1 Å². The number of carbonyl (C=O) groups is 2. The van der Waals surface area contributed by atoms with E-state index in [2.05, 4.69) is 44.9 Å². The molecule has 1 fully saturated rings. The predicted molar refractivity (Wildman–Crippen MR) is 175 cm³/mol. The van der Waals surface area contributed by atoms with Crippen LogP contribution in [0.3, 0.4) is 0 Å². The summed E-state index contributed by atoms with van der Waals surface area (Å²) in [6.45, 7) is 2.99. The first-order chi connectivity index (χ1) is 21.0. The van der Waals surface area contributed by atoms with Crippen molar-refractivity contribution in [3.05, 3.63) is 59.9 Å². The average molecular weight is 671 g/mol. The molecule has 1 aliphatic carbocycles. The molecule has 0 saturated heterocycles. The highest BCUT2D eigenvalue weighted by molar-refractivity contribution is 8.93. The van der Waals surface area contributed by atoms with Gasteiger partial charge in [-0.15, -0.1) is 17.0 Å². The van der Waals surface area contributed by atoms with E-state index >= 15 is 0 Å². The quantitative estimate of drug-likeness (QED) is 0.169. The van der Waals surface area contributed by atoms with E-state index in [0.29, 0.717) is 63.2 Å². The highest BCUT2D eigenvalue weighted by atomic mass is 79.9.